The van der Waals surface area contributed by atoms with E-state index in [9.17, 15) is 4.39 Å². The number of imidazole rings is 1. The Morgan fingerprint density at radius 1 is 1.19 bits per heavy atom. The standard InChI is InChI=1S/C19H22FN5O/c1-13-17(19(22-23(13)2)24-10-4-5-11-24)25-12-9-21-18(25)16-14(20)7-6-8-15(16)26-3/h6-9,12H,4-5,10-11H2,1-3H3. The van der Waals surface area contributed by atoms with Gasteiger partial charge in [-0.15, -0.1) is 0 Å². The third-order valence-corrected chi connectivity index (χ3v) is 4.99. The quantitative estimate of drug-likeness (QED) is 0.720. The van der Waals surface area contributed by atoms with Crippen molar-refractivity contribution in [2.45, 2.75) is 19.8 Å². The summed E-state index contributed by atoms with van der Waals surface area (Å²) in [6.07, 6.45) is 5.85. The lowest BCUT2D eigenvalue weighted by molar-refractivity contribution is 0.413. The molecule has 0 spiro atoms. The first-order valence-corrected chi connectivity index (χ1v) is 8.77. The average Bonchev–Trinajstić information content (AvgIpc) is 3.36. The first-order chi connectivity index (χ1) is 12.6. The predicted molar refractivity (Wildman–Crippen MR) is 98.5 cm³/mol. The van der Waals surface area contributed by atoms with Gasteiger partial charge in [-0.05, 0) is 31.9 Å². The van der Waals surface area contributed by atoms with Crippen molar-refractivity contribution >= 4 is 5.82 Å². The number of rotatable bonds is 4. The van der Waals surface area contributed by atoms with Crippen LogP contribution in [0.2, 0.25) is 0 Å². The molecule has 4 rings (SSSR count). The number of halogens is 1. The van der Waals surface area contributed by atoms with Crippen LogP contribution >= 0.6 is 0 Å². The van der Waals surface area contributed by atoms with E-state index in [1.165, 1.54) is 13.2 Å². The summed E-state index contributed by atoms with van der Waals surface area (Å²) in [6, 6.07) is 4.80. The molecule has 0 aliphatic carbocycles. The second kappa shape index (κ2) is 6.48. The maximum Gasteiger partial charge on any atom is 0.175 e. The van der Waals surface area contributed by atoms with Crippen LogP contribution in [0.15, 0.2) is 30.6 Å². The van der Waals surface area contributed by atoms with Crippen LogP contribution in [0.3, 0.4) is 0 Å². The SMILES string of the molecule is COc1cccc(F)c1-c1nccn1-c1c(N2CCCC2)nn(C)c1C. The topological polar surface area (TPSA) is 48.1 Å². The lowest BCUT2D eigenvalue weighted by atomic mass is 10.1. The number of hydrogen-bond acceptors (Lipinski definition) is 4. The normalized spacial score (nSPS) is 14.2. The summed E-state index contributed by atoms with van der Waals surface area (Å²) >= 11 is 0. The van der Waals surface area contributed by atoms with E-state index in [1.807, 2.05) is 29.4 Å². The fraction of sp³-hybridized carbons (Fsp3) is 0.368. The molecule has 0 unspecified atom stereocenters. The Kier molecular flexibility index (Phi) is 4.14. The molecule has 1 saturated heterocycles. The fourth-order valence-electron chi connectivity index (χ4n) is 3.56. The third-order valence-electron chi connectivity index (χ3n) is 4.99. The van der Waals surface area contributed by atoms with E-state index in [0.717, 1.165) is 43.1 Å². The summed E-state index contributed by atoms with van der Waals surface area (Å²) in [6.45, 7) is 3.98. The number of anilines is 1. The van der Waals surface area contributed by atoms with Gasteiger partial charge in [-0.1, -0.05) is 6.07 Å². The molecular weight excluding hydrogens is 333 g/mol. The van der Waals surface area contributed by atoms with Crippen LogP contribution in [0.25, 0.3) is 17.1 Å². The molecule has 3 aromatic rings. The lowest BCUT2D eigenvalue weighted by Gasteiger charge is -2.18. The van der Waals surface area contributed by atoms with Gasteiger partial charge in [0.25, 0.3) is 0 Å². The number of benzene rings is 1. The van der Waals surface area contributed by atoms with E-state index in [0.29, 0.717) is 17.1 Å². The van der Waals surface area contributed by atoms with Gasteiger partial charge in [-0.3, -0.25) is 9.25 Å². The van der Waals surface area contributed by atoms with Crippen LogP contribution < -0.4 is 9.64 Å². The molecule has 0 atom stereocenters. The average molecular weight is 355 g/mol. The molecule has 1 aliphatic rings. The molecule has 1 fully saturated rings. The number of methoxy groups -OCH3 is 1. The van der Waals surface area contributed by atoms with Crippen molar-refractivity contribution in [3.63, 3.8) is 0 Å². The molecule has 3 heterocycles. The van der Waals surface area contributed by atoms with Crippen molar-refractivity contribution in [3.05, 3.63) is 42.1 Å². The molecule has 2 aromatic heterocycles. The lowest BCUT2D eigenvalue weighted by Crippen LogP contribution is -2.20. The summed E-state index contributed by atoms with van der Waals surface area (Å²) in [7, 11) is 3.47. The highest BCUT2D eigenvalue weighted by Crippen LogP contribution is 2.36. The molecular formula is C19H22FN5O. The van der Waals surface area contributed by atoms with Crippen LogP contribution in [0.1, 0.15) is 18.5 Å². The Morgan fingerprint density at radius 3 is 2.69 bits per heavy atom. The molecule has 1 aromatic carbocycles. The van der Waals surface area contributed by atoms with Crippen LogP contribution in [0.4, 0.5) is 10.2 Å². The maximum atomic E-state index is 14.6. The molecule has 26 heavy (non-hydrogen) atoms. The first kappa shape index (κ1) is 16.6. The smallest absolute Gasteiger partial charge is 0.175 e. The minimum absolute atomic E-state index is 0.357. The number of aromatic nitrogens is 4. The number of nitrogens with zero attached hydrogens (tertiary/aromatic N) is 5. The Labute approximate surface area is 151 Å². The second-order valence-electron chi connectivity index (χ2n) is 6.51. The Balaban J connectivity index is 1.92. The van der Waals surface area contributed by atoms with Gasteiger partial charge in [-0.2, -0.15) is 5.10 Å². The van der Waals surface area contributed by atoms with E-state index in [1.54, 1.807) is 18.3 Å². The fourth-order valence-corrected chi connectivity index (χ4v) is 3.56. The first-order valence-electron chi connectivity index (χ1n) is 8.77. The van der Waals surface area contributed by atoms with Crippen molar-refractivity contribution in [2.24, 2.45) is 7.05 Å². The maximum absolute atomic E-state index is 14.6. The Morgan fingerprint density at radius 2 is 1.96 bits per heavy atom. The predicted octanol–water partition coefficient (Wildman–Crippen LogP) is 3.33. The largest absolute Gasteiger partial charge is 0.496 e. The van der Waals surface area contributed by atoms with E-state index < -0.39 is 0 Å². The second-order valence-corrected chi connectivity index (χ2v) is 6.51. The van der Waals surface area contributed by atoms with Gasteiger partial charge >= 0.3 is 0 Å². The molecule has 7 heteroatoms. The summed E-state index contributed by atoms with van der Waals surface area (Å²) in [5.41, 5.74) is 2.30. The van der Waals surface area contributed by atoms with E-state index in [4.69, 9.17) is 9.84 Å². The van der Waals surface area contributed by atoms with Gasteiger partial charge in [0.15, 0.2) is 11.6 Å². The minimum atomic E-state index is -0.360. The number of aryl methyl sites for hydroxylation is 1. The number of hydrogen-bond donors (Lipinski definition) is 0. The molecule has 0 N–H and O–H groups in total. The molecule has 6 nitrogen and oxygen atoms in total. The van der Waals surface area contributed by atoms with Crippen molar-refractivity contribution in [1.29, 1.82) is 0 Å². The highest BCUT2D eigenvalue weighted by atomic mass is 19.1. The van der Waals surface area contributed by atoms with Crippen molar-refractivity contribution < 1.29 is 9.13 Å². The summed E-state index contributed by atoms with van der Waals surface area (Å²) in [5.74, 6) is 1.52. The van der Waals surface area contributed by atoms with Crippen LogP contribution in [-0.4, -0.2) is 39.5 Å². The minimum Gasteiger partial charge on any atom is -0.496 e. The van der Waals surface area contributed by atoms with Gasteiger partial charge in [-0.25, -0.2) is 9.37 Å². The van der Waals surface area contributed by atoms with Gasteiger partial charge in [0.05, 0.1) is 18.4 Å². The monoisotopic (exact) mass is 355 g/mol. The molecule has 0 bridgehead atoms. The molecule has 1 aliphatic heterocycles. The number of ether oxygens (including phenoxy) is 1. The Hall–Kier alpha value is -2.83. The van der Waals surface area contributed by atoms with Crippen molar-refractivity contribution in [3.8, 4) is 22.8 Å². The highest BCUT2D eigenvalue weighted by molar-refractivity contribution is 5.71. The summed E-state index contributed by atoms with van der Waals surface area (Å²) < 4.78 is 23.8. The van der Waals surface area contributed by atoms with Crippen LogP contribution in [0.5, 0.6) is 5.75 Å². The van der Waals surface area contributed by atoms with Gasteiger partial charge < -0.3 is 9.64 Å². The van der Waals surface area contributed by atoms with Crippen LogP contribution in [-0.2, 0) is 7.05 Å². The van der Waals surface area contributed by atoms with Gasteiger partial charge in [0.2, 0.25) is 0 Å². The van der Waals surface area contributed by atoms with Gasteiger partial charge in [0, 0.05) is 32.5 Å². The van der Waals surface area contributed by atoms with E-state index >= 15 is 0 Å². The third kappa shape index (κ3) is 2.55. The zero-order valence-corrected chi connectivity index (χ0v) is 15.2. The van der Waals surface area contributed by atoms with E-state index in [-0.39, 0.29) is 5.82 Å². The zero-order chi connectivity index (χ0) is 18.3. The molecule has 0 amide bonds. The zero-order valence-electron chi connectivity index (χ0n) is 15.2. The van der Waals surface area contributed by atoms with Crippen molar-refractivity contribution in [2.75, 3.05) is 25.1 Å². The summed E-state index contributed by atoms with van der Waals surface area (Å²) in [4.78, 5) is 6.72. The summed E-state index contributed by atoms with van der Waals surface area (Å²) in [5, 5.41) is 4.72. The van der Waals surface area contributed by atoms with Crippen LogP contribution in [0, 0.1) is 12.7 Å². The molecule has 0 radical (unpaired) electrons. The molecule has 0 saturated carbocycles. The van der Waals surface area contributed by atoms with Gasteiger partial charge in [0.1, 0.15) is 17.3 Å². The molecule has 136 valence electrons. The van der Waals surface area contributed by atoms with E-state index in [2.05, 4.69) is 9.88 Å². The Bertz CT molecular complexity index is 940. The highest BCUT2D eigenvalue weighted by Gasteiger charge is 2.26. The van der Waals surface area contributed by atoms with Crippen molar-refractivity contribution in [1.82, 2.24) is 19.3 Å².